The third kappa shape index (κ3) is 5.96. The van der Waals surface area contributed by atoms with Gasteiger partial charge in [-0.05, 0) is 24.0 Å². The lowest BCUT2D eigenvalue weighted by atomic mass is 10.1. The van der Waals surface area contributed by atoms with Crippen molar-refractivity contribution in [1.82, 2.24) is 10.6 Å². The molecule has 0 aromatic heterocycles. The van der Waals surface area contributed by atoms with E-state index in [2.05, 4.69) is 10.6 Å². The molecule has 8 heteroatoms. The largest absolute Gasteiger partial charge is 0.416 e. The van der Waals surface area contributed by atoms with Crippen LogP contribution in [0.25, 0.3) is 0 Å². The Hall–Kier alpha value is -1.31. The fourth-order valence-corrected chi connectivity index (χ4v) is 2.50. The van der Waals surface area contributed by atoms with Gasteiger partial charge in [0, 0.05) is 32.7 Å². The third-order valence-corrected chi connectivity index (χ3v) is 3.85. The minimum Gasteiger partial charge on any atom is -0.383 e. The van der Waals surface area contributed by atoms with Crippen molar-refractivity contribution in [2.24, 2.45) is 5.92 Å². The molecule has 24 heavy (non-hydrogen) atoms. The zero-order chi connectivity index (χ0) is 16.9. The first kappa shape index (κ1) is 20.7. The predicted molar refractivity (Wildman–Crippen MR) is 87.3 cm³/mol. The molecule has 0 spiro atoms. The number of methoxy groups -OCH3 is 1. The number of hydrogen-bond donors (Lipinski definition) is 2. The fraction of sp³-hybridized carbons (Fsp3) is 0.562. The number of amides is 1. The fourth-order valence-electron chi connectivity index (χ4n) is 2.50. The lowest BCUT2D eigenvalue weighted by molar-refractivity contribution is -0.137. The number of alkyl halides is 3. The summed E-state index contributed by atoms with van der Waals surface area (Å²) in [4.78, 5) is 12.0. The van der Waals surface area contributed by atoms with Gasteiger partial charge in [0.25, 0.3) is 0 Å². The van der Waals surface area contributed by atoms with E-state index in [1.807, 2.05) is 0 Å². The number of halogens is 4. The van der Waals surface area contributed by atoms with Crippen LogP contribution in [0.15, 0.2) is 24.3 Å². The van der Waals surface area contributed by atoms with Crippen LogP contribution in [-0.4, -0.2) is 39.3 Å². The number of nitrogens with one attached hydrogen (secondary N) is 2. The van der Waals surface area contributed by atoms with Crippen molar-refractivity contribution in [2.75, 3.05) is 33.4 Å². The highest BCUT2D eigenvalue weighted by atomic mass is 35.5. The Morgan fingerprint density at radius 1 is 1.29 bits per heavy atom. The van der Waals surface area contributed by atoms with Crippen molar-refractivity contribution in [1.29, 1.82) is 0 Å². The SMILES string of the molecule is COCCNCCNC(=O)C1CC1c1cccc(C(F)(F)F)c1.Cl. The van der Waals surface area contributed by atoms with Gasteiger partial charge in [0.2, 0.25) is 5.91 Å². The molecule has 0 bridgehead atoms. The highest BCUT2D eigenvalue weighted by molar-refractivity contribution is 5.85. The van der Waals surface area contributed by atoms with Gasteiger partial charge < -0.3 is 15.4 Å². The summed E-state index contributed by atoms with van der Waals surface area (Å²) in [5.41, 5.74) is -0.0819. The van der Waals surface area contributed by atoms with E-state index in [1.54, 1.807) is 13.2 Å². The number of carbonyl (C=O) groups is 1. The number of ether oxygens (including phenoxy) is 1. The summed E-state index contributed by atoms with van der Waals surface area (Å²) < 4.78 is 43.0. The number of benzene rings is 1. The number of hydrogen-bond acceptors (Lipinski definition) is 3. The molecule has 1 aromatic carbocycles. The highest BCUT2D eigenvalue weighted by Gasteiger charge is 2.44. The summed E-state index contributed by atoms with van der Waals surface area (Å²) in [5.74, 6) is -0.433. The Morgan fingerprint density at radius 2 is 2.04 bits per heavy atom. The van der Waals surface area contributed by atoms with Crippen LogP contribution in [0.2, 0.25) is 0 Å². The zero-order valence-electron chi connectivity index (χ0n) is 13.4. The first-order valence-electron chi connectivity index (χ1n) is 7.58. The van der Waals surface area contributed by atoms with Crippen molar-refractivity contribution in [3.63, 3.8) is 0 Å². The van der Waals surface area contributed by atoms with Gasteiger partial charge in [-0.1, -0.05) is 18.2 Å². The standard InChI is InChI=1S/C16H21F3N2O2.ClH/c1-23-8-7-20-5-6-21-15(22)14-10-13(14)11-3-2-4-12(9-11)16(17,18)19;/h2-4,9,13-14,20H,5-8,10H2,1H3,(H,21,22);1H. The second kappa shape index (κ2) is 9.25. The maximum atomic E-state index is 12.7. The zero-order valence-corrected chi connectivity index (χ0v) is 14.2. The van der Waals surface area contributed by atoms with Gasteiger partial charge >= 0.3 is 6.18 Å². The normalized spacial score (nSPS) is 19.5. The third-order valence-electron chi connectivity index (χ3n) is 3.85. The van der Waals surface area contributed by atoms with Gasteiger partial charge in [-0.25, -0.2) is 0 Å². The Morgan fingerprint density at radius 3 is 2.71 bits per heavy atom. The molecule has 4 nitrogen and oxygen atoms in total. The lowest BCUT2D eigenvalue weighted by Gasteiger charge is -2.09. The van der Waals surface area contributed by atoms with Crippen molar-refractivity contribution in [3.05, 3.63) is 35.4 Å². The molecule has 2 unspecified atom stereocenters. The monoisotopic (exact) mass is 366 g/mol. The predicted octanol–water partition coefficient (Wildman–Crippen LogP) is 2.58. The summed E-state index contributed by atoms with van der Waals surface area (Å²) >= 11 is 0. The van der Waals surface area contributed by atoms with E-state index in [-0.39, 0.29) is 30.2 Å². The Balaban J connectivity index is 0.00000288. The van der Waals surface area contributed by atoms with E-state index in [9.17, 15) is 18.0 Å². The van der Waals surface area contributed by atoms with Crippen molar-refractivity contribution in [2.45, 2.75) is 18.5 Å². The lowest BCUT2D eigenvalue weighted by Crippen LogP contribution is -2.34. The quantitative estimate of drug-likeness (QED) is 0.695. The van der Waals surface area contributed by atoms with E-state index in [4.69, 9.17) is 4.74 Å². The molecule has 2 atom stereocenters. The first-order chi connectivity index (χ1) is 10.9. The summed E-state index contributed by atoms with van der Waals surface area (Å²) in [6, 6.07) is 5.24. The average Bonchev–Trinajstić information content (AvgIpc) is 3.30. The maximum absolute atomic E-state index is 12.7. The molecule has 2 N–H and O–H groups in total. The molecule has 136 valence electrons. The Bertz CT molecular complexity index is 540. The van der Waals surface area contributed by atoms with Gasteiger partial charge in [0.05, 0.1) is 12.2 Å². The van der Waals surface area contributed by atoms with Crippen LogP contribution in [0.5, 0.6) is 0 Å². The van der Waals surface area contributed by atoms with Gasteiger partial charge in [0.1, 0.15) is 0 Å². The molecule has 1 aromatic rings. The second-order valence-corrected chi connectivity index (χ2v) is 5.61. The maximum Gasteiger partial charge on any atom is 0.416 e. The van der Waals surface area contributed by atoms with Crippen molar-refractivity contribution < 1.29 is 22.7 Å². The molecular formula is C16H22ClF3N2O2. The molecule has 0 radical (unpaired) electrons. The highest BCUT2D eigenvalue weighted by Crippen LogP contribution is 2.48. The molecule has 1 saturated carbocycles. The van der Waals surface area contributed by atoms with Crippen LogP contribution in [0.4, 0.5) is 13.2 Å². The van der Waals surface area contributed by atoms with Crippen LogP contribution >= 0.6 is 12.4 Å². The van der Waals surface area contributed by atoms with Gasteiger partial charge in [-0.15, -0.1) is 12.4 Å². The first-order valence-corrected chi connectivity index (χ1v) is 7.58. The Labute approximate surface area is 145 Å². The van der Waals surface area contributed by atoms with Crippen molar-refractivity contribution >= 4 is 18.3 Å². The summed E-state index contributed by atoms with van der Waals surface area (Å²) in [5, 5.41) is 5.90. The molecule has 1 aliphatic carbocycles. The molecule has 0 heterocycles. The van der Waals surface area contributed by atoms with Crippen LogP contribution in [0, 0.1) is 5.92 Å². The van der Waals surface area contributed by atoms with E-state index >= 15 is 0 Å². The number of rotatable bonds is 8. The van der Waals surface area contributed by atoms with Crippen LogP contribution in [-0.2, 0) is 15.7 Å². The second-order valence-electron chi connectivity index (χ2n) is 5.61. The van der Waals surface area contributed by atoms with E-state index in [0.29, 0.717) is 38.2 Å². The summed E-state index contributed by atoms with van der Waals surface area (Å²) in [7, 11) is 1.62. The summed E-state index contributed by atoms with van der Waals surface area (Å²) in [6.45, 7) is 2.45. The van der Waals surface area contributed by atoms with Gasteiger partial charge in [0.15, 0.2) is 0 Å². The number of carbonyl (C=O) groups excluding carboxylic acids is 1. The van der Waals surface area contributed by atoms with E-state index < -0.39 is 11.7 Å². The Kier molecular flexibility index (Phi) is 7.99. The molecule has 1 fully saturated rings. The molecular weight excluding hydrogens is 345 g/mol. The average molecular weight is 367 g/mol. The molecule has 0 aliphatic heterocycles. The molecule has 0 saturated heterocycles. The van der Waals surface area contributed by atoms with Gasteiger partial charge in [-0.3, -0.25) is 4.79 Å². The molecule has 2 rings (SSSR count). The molecule has 1 amide bonds. The van der Waals surface area contributed by atoms with Crippen LogP contribution in [0.3, 0.4) is 0 Å². The van der Waals surface area contributed by atoms with Crippen molar-refractivity contribution in [3.8, 4) is 0 Å². The summed E-state index contributed by atoms with van der Waals surface area (Å²) in [6.07, 6.45) is -3.75. The minimum absolute atomic E-state index is 0. The topological polar surface area (TPSA) is 50.4 Å². The molecule has 1 aliphatic rings. The van der Waals surface area contributed by atoms with Gasteiger partial charge in [-0.2, -0.15) is 13.2 Å². The van der Waals surface area contributed by atoms with E-state index in [1.165, 1.54) is 6.07 Å². The minimum atomic E-state index is -4.35. The van der Waals surface area contributed by atoms with Crippen LogP contribution < -0.4 is 10.6 Å². The van der Waals surface area contributed by atoms with Crippen LogP contribution in [0.1, 0.15) is 23.5 Å². The smallest absolute Gasteiger partial charge is 0.383 e. The van der Waals surface area contributed by atoms with E-state index in [0.717, 1.165) is 12.1 Å².